The van der Waals surface area contributed by atoms with Crippen LogP contribution in [0.25, 0.3) is 0 Å². The molecule has 2 rings (SSSR count). The van der Waals surface area contributed by atoms with E-state index in [4.69, 9.17) is 0 Å². The molecule has 3 N–H and O–H groups in total. The Balaban J connectivity index is 2.06. The van der Waals surface area contributed by atoms with Gasteiger partial charge in [-0.1, -0.05) is 18.2 Å². The van der Waals surface area contributed by atoms with Crippen LogP contribution in [0.2, 0.25) is 0 Å². The lowest BCUT2D eigenvalue weighted by molar-refractivity contribution is 0.239. The predicted molar refractivity (Wildman–Crippen MR) is 91.7 cm³/mol. The molecule has 0 saturated carbocycles. The number of nitrogens with zero attached hydrogens (tertiary/aromatic N) is 1. The molecule has 2 aromatic rings. The molecular formula is C16H21N3O2S. The number of benzene rings is 1. The minimum atomic E-state index is -0.277. The van der Waals surface area contributed by atoms with Crippen molar-refractivity contribution >= 4 is 28.7 Å². The molecule has 6 heteroatoms. The van der Waals surface area contributed by atoms with Gasteiger partial charge in [0.1, 0.15) is 0 Å². The molecule has 0 spiro atoms. The Morgan fingerprint density at radius 1 is 1.27 bits per heavy atom. The van der Waals surface area contributed by atoms with Crippen molar-refractivity contribution in [1.82, 2.24) is 5.32 Å². The number of hydrogen-bond donors (Lipinski definition) is 3. The number of para-hydroxylation sites is 2. The summed E-state index contributed by atoms with van der Waals surface area (Å²) >= 11 is 1.57. The number of aliphatic hydroxyl groups excluding tert-OH is 1. The number of carbonyl (C=O) groups is 1. The lowest BCUT2D eigenvalue weighted by Crippen LogP contribution is -2.33. The van der Waals surface area contributed by atoms with Gasteiger partial charge in [0.15, 0.2) is 0 Å². The molecule has 0 aliphatic rings. The van der Waals surface area contributed by atoms with E-state index in [2.05, 4.69) is 10.6 Å². The summed E-state index contributed by atoms with van der Waals surface area (Å²) in [6.07, 6.45) is 0.489. The van der Waals surface area contributed by atoms with Gasteiger partial charge in [0.25, 0.3) is 0 Å². The van der Waals surface area contributed by atoms with E-state index < -0.39 is 0 Å². The Labute approximate surface area is 134 Å². The SMILES string of the molecule is CN(C)c1ccccc1NC(=O)N[C@H](CCO)c1cccs1. The molecule has 0 saturated heterocycles. The van der Waals surface area contributed by atoms with Crippen LogP contribution in [-0.2, 0) is 0 Å². The van der Waals surface area contributed by atoms with E-state index in [9.17, 15) is 9.90 Å². The lowest BCUT2D eigenvalue weighted by atomic mass is 10.2. The van der Waals surface area contributed by atoms with Crippen LogP contribution in [0.3, 0.4) is 0 Å². The van der Waals surface area contributed by atoms with Gasteiger partial charge in [-0.05, 0) is 30.0 Å². The Morgan fingerprint density at radius 3 is 2.68 bits per heavy atom. The van der Waals surface area contributed by atoms with Crippen LogP contribution in [0.5, 0.6) is 0 Å². The summed E-state index contributed by atoms with van der Waals surface area (Å²) in [4.78, 5) is 15.2. The second kappa shape index (κ2) is 7.82. The van der Waals surface area contributed by atoms with Gasteiger partial charge in [0, 0.05) is 25.6 Å². The number of nitrogens with one attached hydrogen (secondary N) is 2. The number of thiophene rings is 1. The van der Waals surface area contributed by atoms with Gasteiger partial charge < -0.3 is 20.6 Å². The average Bonchev–Trinajstić information content (AvgIpc) is 3.01. The largest absolute Gasteiger partial charge is 0.396 e. The minimum Gasteiger partial charge on any atom is -0.396 e. The number of hydrogen-bond acceptors (Lipinski definition) is 4. The molecule has 5 nitrogen and oxygen atoms in total. The molecule has 1 heterocycles. The number of rotatable bonds is 6. The Hall–Kier alpha value is -2.05. The molecule has 22 heavy (non-hydrogen) atoms. The van der Waals surface area contributed by atoms with Crippen molar-refractivity contribution < 1.29 is 9.90 Å². The van der Waals surface area contributed by atoms with Gasteiger partial charge in [0.05, 0.1) is 17.4 Å². The van der Waals surface area contributed by atoms with Crippen molar-refractivity contribution in [2.75, 3.05) is 30.9 Å². The van der Waals surface area contributed by atoms with Crippen LogP contribution in [0.4, 0.5) is 16.2 Å². The Kier molecular flexibility index (Phi) is 5.80. The molecule has 0 radical (unpaired) electrons. The van der Waals surface area contributed by atoms with Crippen molar-refractivity contribution in [2.24, 2.45) is 0 Å². The number of anilines is 2. The minimum absolute atomic E-state index is 0.0249. The summed E-state index contributed by atoms with van der Waals surface area (Å²) in [5.41, 5.74) is 1.69. The molecule has 2 amide bonds. The standard InChI is InChI=1S/C16H21N3O2S/c1-19(2)14-7-4-3-6-12(14)17-16(21)18-13(9-10-20)15-8-5-11-22-15/h3-8,11,13,20H,9-10H2,1-2H3,(H2,17,18,21)/t13-/m1/s1. The second-order valence-corrected chi connectivity index (χ2v) is 6.07. The number of amides is 2. The van der Waals surface area contributed by atoms with Crippen LogP contribution < -0.4 is 15.5 Å². The summed E-state index contributed by atoms with van der Waals surface area (Å²) < 4.78 is 0. The quantitative estimate of drug-likeness (QED) is 0.767. The normalized spacial score (nSPS) is 11.8. The third-order valence-corrected chi connectivity index (χ3v) is 4.23. The molecule has 118 valence electrons. The van der Waals surface area contributed by atoms with Crippen molar-refractivity contribution in [1.29, 1.82) is 0 Å². The molecule has 1 aromatic heterocycles. The highest BCUT2D eigenvalue weighted by atomic mass is 32.1. The maximum atomic E-state index is 12.2. The lowest BCUT2D eigenvalue weighted by Gasteiger charge is -2.20. The number of aliphatic hydroxyl groups is 1. The van der Waals surface area contributed by atoms with Crippen LogP contribution in [0, 0.1) is 0 Å². The smallest absolute Gasteiger partial charge is 0.319 e. The Bertz CT molecular complexity index is 599. The molecule has 0 bridgehead atoms. The van der Waals surface area contributed by atoms with Crippen molar-refractivity contribution in [3.63, 3.8) is 0 Å². The maximum Gasteiger partial charge on any atom is 0.319 e. The zero-order valence-electron chi connectivity index (χ0n) is 12.7. The first-order chi connectivity index (χ1) is 10.6. The average molecular weight is 319 g/mol. The highest BCUT2D eigenvalue weighted by Crippen LogP contribution is 2.25. The van der Waals surface area contributed by atoms with Gasteiger partial charge in [0.2, 0.25) is 0 Å². The predicted octanol–water partition coefficient (Wildman–Crippen LogP) is 3.06. The first-order valence-corrected chi connectivity index (χ1v) is 7.98. The summed E-state index contributed by atoms with van der Waals surface area (Å²) in [5.74, 6) is 0. The zero-order valence-corrected chi connectivity index (χ0v) is 13.6. The molecule has 0 aliphatic carbocycles. The van der Waals surface area contributed by atoms with Crippen molar-refractivity contribution in [3.8, 4) is 0 Å². The van der Waals surface area contributed by atoms with Crippen LogP contribution in [0.15, 0.2) is 41.8 Å². The first kappa shape index (κ1) is 16.3. The van der Waals surface area contributed by atoms with E-state index in [1.807, 2.05) is 60.8 Å². The van der Waals surface area contributed by atoms with E-state index in [0.29, 0.717) is 6.42 Å². The molecule has 0 fully saturated rings. The van der Waals surface area contributed by atoms with Gasteiger partial charge in [-0.15, -0.1) is 11.3 Å². The zero-order chi connectivity index (χ0) is 15.9. The number of urea groups is 1. The van der Waals surface area contributed by atoms with Gasteiger partial charge in [-0.25, -0.2) is 4.79 Å². The second-order valence-electron chi connectivity index (χ2n) is 5.09. The maximum absolute atomic E-state index is 12.2. The van der Waals surface area contributed by atoms with E-state index in [-0.39, 0.29) is 18.7 Å². The van der Waals surface area contributed by atoms with E-state index >= 15 is 0 Å². The monoisotopic (exact) mass is 319 g/mol. The molecule has 0 aliphatic heterocycles. The van der Waals surface area contributed by atoms with Crippen LogP contribution in [-0.4, -0.2) is 31.8 Å². The third-order valence-electron chi connectivity index (χ3n) is 3.24. The fourth-order valence-corrected chi connectivity index (χ4v) is 3.00. The van der Waals surface area contributed by atoms with Crippen LogP contribution in [0.1, 0.15) is 17.3 Å². The van der Waals surface area contributed by atoms with E-state index in [0.717, 1.165) is 16.3 Å². The van der Waals surface area contributed by atoms with Gasteiger partial charge >= 0.3 is 6.03 Å². The van der Waals surface area contributed by atoms with Gasteiger partial charge in [-0.3, -0.25) is 0 Å². The summed E-state index contributed by atoms with van der Waals surface area (Å²) in [6.45, 7) is 0.0249. The molecular weight excluding hydrogens is 298 g/mol. The Morgan fingerprint density at radius 2 is 2.05 bits per heavy atom. The van der Waals surface area contributed by atoms with Crippen LogP contribution >= 0.6 is 11.3 Å². The van der Waals surface area contributed by atoms with Crippen molar-refractivity contribution in [3.05, 3.63) is 46.7 Å². The summed E-state index contributed by atoms with van der Waals surface area (Å²) in [6, 6.07) is 11.1. The fraction of sp³-hybridized carbons (Fsp3) is 0.312. The summed E-state index contributed by atoms with van der Waals surface area (Å²) in [5, 5.41) is 16.9. The molecule has 1 atom stereocenters. The molecule has 0 unspecified atom stereocenters. The summed E-state index contributed by atoms with van der Waals surface area (Å²) in [7, 11) is 3.86. The highest BCUT2D eigenvalue weighted by Gasteiger charge is 2.16. The topological polar surface area (TPSA) is 64.6 Å². The van der Waals surface area contributed by atoms with E-state index in [1.54, 1.807) is 11.3 Å². The third kappa shape index (κ3) is 4.22. The van der Waals surface area contributed by atoms with Crippen molar-refractivity contribution in [2.45, 2.75) is 12.5 Å². The van der Waals surface area contributed by atoms with E-state index in [1.165, 1.54) is 0 Å². The first-order valence-electron chi connectivity index (χ1n) is 7.10. The number of carbonyl (C=O) groups excluding carboxylic acids is 1. The fourth-order valence-electron chi connectivity index (χ4n) is 2.19. The van der Waals surface area contributed by atoms with Gasteiger partial charge in [-0.2, -0.15) is 0 Å². The highest BCUT2D eigenvalue weighted by molar-refractivity contribution is 7.10. The molecule has 1 aromatic carbocycles.